The number of ether oxygens (including phenoxy) is 5. The number of carbonyl (C=O) groups excluding carboxylic acids is 3. The minimum atomic E-state index is -2.38. The third-order valence-corrected chi connectivity index (χ3v) is 5.72. The fourth-order valence-electron chi connectivity index (χ4n) is 3.46. The third-order valence-electron chi connectivity index (χ3n) is 5.20. The van der Waals surface area contributed by atoms with E-state index in [1.54, 1.807) is 0 Å². The van der Waals surface area contributed by atoms with E-state index in [2.05, 4.69) is 4.99 Å². The summed E-state index contributed by atoms with van der Waals surface area (Å²) in [5.41, 5.74) is -2.22. The Labute approximate surface area is 235 Å². The Bertz CT molecular complexity index is 1290. The lowest BCUT2D eigenvalue weighted by Crippen LogP contribution is -2.62. The predicted molar refractivity (Wildman–Crippen MR) is 135 cm³/mol. The zero-order chi connectivity index (χ0) is 29.8. The molecule has 1 aliphatic heterocycles. The first-order chi connectivity index (χ1) is 17.9. The van der Waals surface area contributed by atoms with Crippen molar-refractivity contribution >= 4 is 64.8 Å². The van der Waals surface area contributed by atoms with Crippen LogP contribution in [0.2, 0.25) is 0 Å². The van der Waals surface area contributed by atoms with Gasteiger partial charge in [-0.25, -0.2) is 4.79 Å². The molecule has 0 amide bonds. The van der Waals surface area contributed by atoms with Crippen molar-refractivity contribution in [3.8, 4) is 5.88 Å². The maximum Gasteiger partial charge on any atom is 0.333 e. The second-order valence-electron chi connectivity index (χ2n) is 8.15. The molecule has 0 radical (unpaired) electrons. The van der Waals surface area contributed by atoms with E-state index in [9.17, 15) is 29.1 Å². The maximum absolute atomic E-state index is 12.6. The van der Waals surface area contributed by atoms with Gasteiger partial charge in [0.25, 0.3) is 9.35 Å². The highest BCUT2D eigenvalue weighted by atomic mass is 35.6. The van der Waals surface area contributed by atoms with Crippen molar-refractivity contribution in [2.24, 2.45) is 19.1 Å². The van der Waals surface area contributed by atoms with Gasteiger partial charge >= 0.3 is 23.6 Å². The molecule has 1 aromatic heterocycles. The van der Waals surface area contributed by atoms with E-state index in [0.717, 1.165) is 38.6 Å². The van der Waals surface area contributed by atoms with Crippen molar-refractivity contribution in [3.63, 3.8) is 0 Å². The molecule has 0 saturated carbocycles. The molecule has 216 valence electrons. The van der Waals surface area contributed by atoms with E-state index >= 15 is 0 Å². The molecule has 2 rings (SSSR count). The molecule has 1 fully saturated rings. The normalized spacial score (nSPS) is 23.2. The molecule has 1 aliphatic rings. The molecule has 0 unspecified atom stereocenters. The summed E-state index contributed by atoms with van der Waals surface area (Å²) in [7, 11) is 2.36. The zero-order valence-electron chi connectivity index (χ0n) is 21.2. The van der Waals surface area contributed by atoms with Crippen LogP contribution in [0.25, 0.3) is 0 Å². The largest absolute Gasteiger partial charge is 0.494 e. The lowest BCUT2D eigenvalue weighted by molar-refractivity contribution is -0.256. The topological polar surface area (TPSA) is 198 Å². The van der Waals surface area contributed by atoms with Crippen LogP contribution in [-0.2, 0) is 52.2 Å². The smallest absolute Gasteiger partial charge is 0.333 e. The van der Waals surface area contributed by atoms with Gasteiger partial charge < -0.3 is 28.8 Å². The standard InChI is InChI=1S/C21H25Cl3N4O11/c1-8(29)35-7-12-14(36-9(2)30)15(37-10(3)31)13(18(38-12)39-19(25)21(22,23)24)26-6-11-16(32)27(4)20(34)28(5)17(11)33/h6,12-15,18,25,32H,7H2,1-5H3/t12-,13-,14-,15-,18-/m1/s1. The molecule has 1 saturated heterocycles. The first kappa shape index (κ1) is 32.1. The van der Waals surface area contributed by atoms with Crippen LogP contribution in [0.4, 0.5) is 0 Å². The molecule has 2 heterocycles. The van der Waals surface area contributed by atoms with Crippen LogP contribution in [0.3, 0.4) is 0 Å². The summed E-state index contributed by atoms with van der Waals surface area (Å²) in [6.45, 7) is 2.67. The van der Waals surface area contributed by atoms with Gasteiger partial charge in [0, 0.05) is 41.1 Å². The number of nitrogens with one attached hydrogen (secondary N) is 1. The highest BCUT2D eigenvalue weighted by Crippen LogP contribution is 2.33. The van der Waals surface area contributed by atoms with Crippen LogP contribution in [-0.4, -0.2) is 85.3 Å². The van der Waals surface area contributed by atoms with E-state index in [-0.39, 0.29) is 0 Å². The van der Waals surface area contributed by atoms with Crippen LogP contribution in [0.5, 0.6) is 5.88 Å². The van der Waals surface area contributed by atoms with Crippen LogP contribution in [0, 0.1) is 5.41 Å². The fraction of sp³-hybridized carbons (Fsp3) is 0.571. The average Bonchev–Trinajstić information content (AvgIpc) is 2.81. The number of hydrogen-bond donors (Lipinski definition) is 2. The highest BCUT2D eigenvalue weighted by Gasteiger charge is 2.52. The summed E-state index contributed by atoms with van der Waals surface area (Å²) in [6, 6.07) is -1.54. The number of rotatable bonds is 7. The zero-order valence-corrected chi connectivity index (χ0v) is 23.4. The molecule has 1 aromatic rings. The van der Waals surface area contributed by atoms with Gasteiger partial charge in [0.05, 0.1) is 0 Å². The summed E-state index contributed by atoms with van der Waals surface area (Å²) in [5, 5.41) is 18.3. The first-order valence-electron chi connectivity index (χ1n) is 10.9. The minimum Gasteiger partial charge on any atom is -0.494 e. The number of alkyl halides is 3. The van der Waals surface area contributed by atoms with Crippen molar-refractivity contribution in [1.29, 1.82) is 5.41 Å². The number of halogens is 3. The molecule has 2 N–H and O–H groups in total. The van der Waals surface area contributed by atoms with Gasteiger partial charge in [-0.3, -0.25) is 38.7 Å². The Morgan fingerprint density at radius 3 is 2.10 bits per heavy atom. The van der Waals surface area contributed by atoms with Crippen LogP contribution in [0.1, 0.15) is 26.3 Å². The lowest BCUT2D eigenvalue weighted by Gasteiger charge is -2.43. The van der Waals surface area contributed by atoms with Crippen LogP contribution >= 0.6 is 34.8 Å². The van der Waals surface area contributed by atoms with Crippen molar-refractivity contribution in [3.05, 3.63) is 26.4 Å². The molecule has 15 nitrogen and oxygen atoms in total. The molecule has 0 spiro atoms. The summed E-state index contributed by atoms with van der Waals surface area (Å²) in [5.74, 6) is -4.13. The quantitative estimate of drug-likeness (QED) is 0.139. The molecule has 0 bridgehead atoms. The summed E-state index contributed by atoms with van der Waals surface area (Å²) < 4.78 is 25.9. The maximum atomic E-state index is 12.6. The third kappa shape index (κ3) is 7.94. The number of esters is 3. The summed E-state index contributed by atoms with van der Waals surface area (Å²) in [4.78, 5) is 64.3. The minimum absolute atomic E-state index is 0.456. The van der Waals surface area contributed by atoms with E-state index < -0.39 is 87.5 Å². The van der Waals surface area contributed by atoms with Gasteiger partial charge in [-0.1, -0.05) is 34.8 Å². The van der Waals surface area contributed by atoms with Gasteiger partial charge in [0.1, 0.15) is 18.3 Å². The lowest BCUT2D eigenvalue weighted by atomic mass is 9.96. The Kier molecular flexibility index (Phi) is 10.5. The van der Waals surface area contributed by atoms with Gasteiger partial charge in [0.15, 0.2) is 18.2 Å². The monoisotopic (exact) mass is 614 g/mol. The molecule has 5 atom stereocenters. The summed E-state index contributed by atoms with van der Waals surface area (Å²) >= 11 is 17.2. The molecule has 39 heavy (non-hydrogen) atoms. The van der Waals surface area contributed by atoms with Crippen molar-refractivity contribution in [1.82, 2.24) is 9.13 Å². The fourth-order valence-corrected chi connectivity index (χ4v) is 3.59. The molecule has 0 aromatic carbocycles. The molecular weight excluding hydrogens is 591 g/mol. The average molecular weight is 616 g/mol. The number of aromatic nitrogens is 2. The highest BCUT2D eigenvalue weighted by molar-refractivity contribution is 6.76. The van der Waals surface area contributed by atoms with E-state index in [0.29, 0.717) is 4.57 Å². The van der Waals surface area contributed by atoms with Gasteiger partial charge in [-0.15, -0.1) is 0 Å². The number of aromatic hydroxyl groups is 1. The second kappa shape index (κ2) is 12.8. The second-order valence-corrected chi connectivity index (χ2v) is 10.4. The van der Waals surface area contributed by atoms with Crippen LogP contribution in [0.15, 0.2) is 14.6 Å². The Morgan fingerprint density at radius 2 is 1.59 bits per heavy atom. The Balaban J connectivity index is 2.71. The predicted octanol–water partition coefficient (Wildman–Crippen LogP) is 0.0926. The number of carbonyl (C=O) groups is 3. The Hall–Kier alpha value is -3.14. The van der Waals surface area contributed by atoms with Crippen molar-refractivity contribution in [2.75, 3.05) is 6.61 Å². The first-order valence-corrected chi connectivity index (χ1v) is 12.1. The molecule has 0 aliphatic carbocycles. The SMILES string of the molecule is CC(=O)OC[C@H]1O[C@H](OC(=N)C(Cl)(Cl)Cl)[C@H](N=Cc2c(O)n(C)c(=O)n(C)c2=O)[C@@H](OC(C)=O)[C@@H]1OC(C)=O. The number of nitrogens with zero attached hydrogens (tertiary/aromatic N) is 3. The summed E-state index contributed by atoms with van der Waals surface area (Å²) in [6.07, 6.45) is -5.20. The van der Waals surface area contributed by atoms with E-state index in [4.69, 9.17) is 63.9 Å². The van der Waals surface area contributed by atoms with Crippen LogP contribution < -0.4 is 11.2 Å². The molecular formula is C21H25Cl3N4O11. The van der Waals surface area contributed by atoms with Gasteiger partial charge in [-0.2, -0.15) is 0 Å². The number of hydrogen-bond acceptors (Lipinski definition) is 13. The van der Waals surface area contributed by atoms with E-state index in [1.807, 2.05) is 0 Å². The van der Waals surface area contributed by atoms with Crippen molar-refractivity contribution in [2.45, 2.75) is 55.2 Å². The number of aliphatic imine (C=N–C) groups is 1. The van der Waals surface area contributed by atoms with Crippen molar-refractivity contribution < 1.29 is 43.2 Å². The van der Waals surface area contributed by atoms with E-state index in [1.165, 1.54) is 7.05 Å². The Morgan fingerprint density at radius 1 is 1.03 bits per heavy atom. The van der Waals surface area contributed by atoms with Gasteiger partial charge in [0.2, 0.25) is 18.1 Å². The van der Waals surface area contributed by atoms with Gasteiger partial charge in [-0.05, 0) is 0 Å². The molecule has 18 heteroatoms.